The molecule has 2 N–H and O–H groups in total. The number of nitrogens with one attached hydrogen (secondary N) is 1. The molecule has 0 saturated carbocycles. The molecule has 1 atom stereocenters. The van der Waals surface area contributed by atoms with E-state index in [-0.39, 0.29) is 40.3 Å². The first-order chi connectivity index (χ1) is 16.0. The zero-order valence-electron chi connectivity index (χ0n) is 17.8. The lowest BCUT2D eigenvalue weighted by Crippen LogP contribution is -2.52. The molecule has 190 valence electrons. The number of hydrogen-bond acceptors (Lipinski definition) is 7. The van der Waals surface area contributed by atoms with Crippen LogP contribution in [0.15, 0.2) is 52.3 Å². The van der Waals surface area contributed by atoms with E-state index in [2.05, 4.69) is 0 Å². The number of anilines is 1. The lowest BCUT2D eigenvalue weighted by Gasteiger charge is -2.25. The van der Waals surface area contributed by atoms with Gasteiger partial charge in [-0.1, -0.05) is 11.6 Å². The van der Waals surface area contributed by atoms with Gasteiger partial charge in [-0.3, -0.25) is 9.59 Å². The minimum absolute atomic E-state index is 0.0288. The molecular formula is C20H18ClF3N2O7S2. The van der Waals surface area contributed by atoms with Gasteiger partial charge in [0.05, 0.1) is 26.3 Å². The van der Waals surface area contributed by atoms with Crippen LogP contribution in [0.3, 0.4) is 0 Å². The van der Waals surface area contributed by atoms with Crippen LogP contribution in [0.25, 0.3) is 0 Å². The number of rotatable bonds is 5. The van der Waals surface area contributed by atoms with Crippen LogP contribution in [0.5, 0.6) is 0 Å². The molecule has 35 heavy (non-hydrogen) atoms. The minimum atomic E-state index is -5.26. The molecule has 1 heterocycles. The number of carbonyl (C=O) groups is 2. The topological polar surface area (TPSA) is 138 Å². The predicted molar refractivity (Wildman–Crippen MR) is 118 cm³/mol. The quantitative estimate of drug-likeness (QED) is 0.578. The number of alkyl halides is 3. The molecule has 0 unspecified atom stereocenters. The van der Waals surface area contributed by atoms with Crippen molar-refractivity contribution in [2.75, 3.05) is 23.5 Å². The van der Waals surface area contributed by atoms with Crippen LogP contribution >= 0.6 is 11.6 Å². The van der Waals surface area contributed by atoms with Crippen molar-refractivity contribution in [3.8, 4) is 0 Å². The Morgan fingerprint density at radius 1 is 1.09 bits per heavy atom. The molecule has 0 radical (unpaired) electrons. The van der Waals surface area contributed by atoms with Crippen LogP contribution in [0.1, 0.15) is 17.3 Å². The summed E-state index contributed by atoms with van der Waals surface area (Å²) in [5.74, 6) is -2.97. The highest BCUT2D eigenvalue weighted by Gasteiger charge is 2.55. The van der Waals surface area contributed by atoms with Gasteiger partial charge in [-0.2, -0.15) is 13.2 Å². The van der Waals surface area contributed by atoms with Crippen molar-refractivity contribution in [2.45, 2.75) is 28.5 Å². The number of sulfone groups is 2. The molecule has 2 aromatic rings. The minimum Gasteiger partial charge on any atom is -0.373 e. The predicted octanol–water partition coefficient (Wildman–Crippen LogP) is 2.25. The highest BCUT2D eigenvalue weighted by Crippen LogP contribution is 2.33. The first kappa shape index (κ1) is 26.9. The Balaban J connectivity index is 1.80. The number of carbonyl (C=O) groups excluding carboxylic acids is 2. The molecule has 2 amide bonds. The van der Waals surface area contributed by atoms with E-state index in [4.69, 9.17) is 11.6 Å². The molecule has 0 aromatic heterocycles. The average Bonchev–Trinajstić information content (AvgIpc) is 3.13. The summed E-state index contributed by atoms with van der Waals surface area (Å²) in [4.78, 5) is 24.8. The zero-order valence-corrected chi connectivity index (χ0v) is 20.2. The Hall–Kier alpha value is -2.68. The molecule has 3 rings (SSSR count). The number of nitrogens with zero attached hydrogens (tertiary/aromatic N) is 1. The van der Waals surface area contributed by atoms with Gasteiger partial charge in [-0.25, -0.2) is 16.8 Å². The van der Waals surface area contributed by atoms with E-state index < -0.39 is 54.2 Å². The molecule has 1 fully saturated rings. The SMILES string of the molecule is C[C@@](O)(C(=O)Nc1ccc(S(=O)(=O)c2ccc(C(=O)N3CCS(=O)(=O)C3)cc2)cc1Cl)C(F)(F)F. The summed E-state index contributed by atoms with van der Waals surface area (Å²) in [5.41, 5.74) is -3.99. The third-order valence-electron chi connectivity index (χ3n) is 5.22. The average molecular weight is 555 g/mol. The van der Waals surface area contributed by atoms with E-state index in [1.54, 1.807) is 0 Å². The second-order valence-corrected chi connectivity index (χ2v) is 12.3. The smallest absolute Gasteiger partial charge is 0.373 e. The van der Waals surface area contributed by atoms with Crippen molar-refractivity contribution in [1.82, 2.24) is 4.90 Å². The molecule has 2 aromatic carbocycles. The van der Waals surface area contributed by atoms with Gasteiger partial charge in [0.15, 0.2) is 9.84 Å². The number of hydrogen-bond donors (Lipinski definition) is 2. The fourth-order valence-corrected chi connectivity index (χ4v) is 5.94. The molecule has 15 heteroatoms. The van der Waals surface area contributed by atoms with Crippen molar-refractivity contribution < 1.29 is 44.7 Å². The van der Waals surface area contributed by atoms with E-state index in [9.17, 15) is 44.7 Å². The van der Waals surface area contributed by atoms with Crippen molar-refractivity contribution in [2.24, 2.45) is 0 Å². The van der Waals surface area contributed by atoms with Crippen molar-refractivity contribution in [3.05, 3.63) is 53.1 Å². The van der Waals surface area contributed by atoms with E-state index in [1.165, 1.54) is 12.1 Å². The summed E-state index contributed by atoms with van der Waals surface area (Å²) >= 11 is 5.95. The van der Waals surface area contributed by atoms with Crippen LogP contribution in [0.2, 0.25) is 5.02 Å². The summed E-state index contributed by atoms with van der Waals surface area (Å²) in [6, 6.07) is 7.57. The zero-order chi connectivity index (χ0) is 26.4. The summed E-state index contributed by atoms with van der Waals surface area (Å²) in [6.45, 7) is 0.285. The third-order valence-corrected chi connectivity index (χ3v) is 8.81. The Labute approximate surface area is 203 Å². The van der Waals surface area contributed by atoms with Crippen molar-refractivity contribution in [1.29, 1.82) is 0 Å². The first-order valence-electron chi connectivity index (χ1n) is 9.71. The van der Waals surface area contributed by atoms with Crippen molar-refractivity contribution >= 4 is 48.8 Å². The van der Waals surface area contributed by atoms with Crippen LogP contribution in [0, 0.1) is 0 Å². The van der Waals surface area contributed by atoms with Gasteiger partial charge in [-0.05, 0) is 49.4 Å². The lowest BCUT2D eigenvalue weighted by atomic mass is 10.1. The lowest BCUT2D eigenvalue weighted by molar-refractivity contribution is -0.242. The molecule has 1 saturated heterocycles. The van der Waals surface area contributed by atoms with Crippen LogP contribution in [-0.4, -0.2) is 68.6 Å². The maximum Gasteiger partial charge on any atom is 0.426 e. The molecule has 0 aliphatic carbocycles. The number of aliphatic hydroxyl groups is 1. The van der Waals surface area contributed by atoms with E-state index >= 15 is 0 Å². The molecule has 9 nitrogen and oxygen atoms in total. The monoisotopic (exact) mass is 554 g/mol. The van der Waals surface area contributed by atoms with E-state index in [0.29, 0.717) is 0 Å². The second kappa shape index (κ2) is 9.08. The Morgan fingerprint density at radius 2 is 1.66 bits per heavy atom. The second-order valence-electron chi connectivity index (χ2n) is 7.84. The van der Waals surface area contributed by atoms with Gasteiger partial charge < -0.3 is 15.3 Å². The summed E-state index contributed by atoms with van der Waals surface area (Å²) in [6.07, 6.45) is -5.26. The molecular weight excluding hydrogens is 537 g/mol. The van der Waals surface area contributed by atoms with Crippen LogP contribution < -0.4 is 5.32 Å². The number of halogens is 4. The first-order valence-corrected chi connectivity index (χ1v) is 13.4. The van der Waals surface area contributed by atoms with Gasteiger partial charge in [0.2, 0.25) is 15.4 Å². The Morgan fingerprint density at radius 3 is 2.14 bits per heavy atom. The van der Waals surface area contributed by atoms with Gasteiger partial charge in [0.1, 0.15) is 5.88 Å². The highest BCUT2D eigenvalue weighted by atomic mass is 35.5. The van der Waals surface area contributed by atoms with Crippen LogP contribution in [-0.2, 0) is 24.5 Å². The molecule has 0 spiro atoms. The standard InChI is InChI=1S/C20H18ClF3N2O7S2/c1-19(29,20(22,23)24)18(28)25-16-7-6-14(10-15(16)21)35(32,33)13-4-2-12(3-5-13)17(27)26-8-9-34(30,31)11-26/h2-7,10,29H,8-9,11H2,1H3,(H,25,28)/t19-/m1/s1. The van der Waals surface area contributed by atoms with Gasteiger partial charge in [0.25, 0.3) is 11.8 Å². The normalized spacial score (nSPS) is 17.6. The summed E-state index contributed by atoms with van der Waals surface area (Å²) in [7, 11) is -7.53. The Bertz CT molecular complexity index is 1390. The van der Waals surface area contributed by atoms with Gasteiger partial charge in [-0.15, -0.1) is 0 Å². The highest BCUT2D eigenvalue weighted by molar-refractivity contribution is 7.91. The number of benzene rings is 2. The summed E-state index contributed by atoms with van der Waals surface area (Å²) in [5, 5.41) is 10.8. The van der Waals surface area contributed by atoms with Gasteiger partial charge in [0, 0.05) is 12.1 Å². The van der Waals surface area contributed by atoms with Crippen LogP contribution in [0.4, 0.5) is 18.9 Å². The maximum atomic E-state index is 12.9. The third kappa shape index (κ3) is 5.44. The fraction of sp³-hybridized carbons (Fsp3) is 0.300. The number of amides is 2. The fourth-order valence-electron chi connectivity index (χ4n) is 3.01. The summed E-state index contributed by atoms with van der Waals surface area (Å²) < 4.78 is 87.4. The van der Waals surface area contributed by atoms with Crippen molar-refractivity contribution in [3.63, 3.8) is 0 Å². The largest absolute Gasteiger partial charge is 0.426 e. The Kier molecular flexibility index (Phi) is 6.98. The molecule has 0 bridgehead atoms. The maximum absolute atomic E-state index is 12.9. The molecule has 1 aliphatic heterocycles. The van der Waals surface area contributed by atoms with Gasteiger partial charge >= 0.3 is 6.18 Å². The molecule has 1 aliphatic rings. The van der Waals surface area contributed by atoms with E-state index in [0.717, 1.165) is 35.2 Å². The van der Waals surface area contributed by atoms with E-state index in [1.807, 2.05) is 5.32 Å².